The molecular formula is C28H26NO2+. The third-order valence-corrected chi connectivity index (χ3v) is 5.41. The lowest BCUT2D eigenvalue weighted by Crippen LogP contribution is -2.32. The van der Waals surface area contributed by atoms with E-state index < -0.39 is 0 Å². The Morgan fingerprint density at radius 1 is 0.516 bits per heavy atom. The number of nitrogens with zero attached hydrogens (tertiary/aromatic N) is 1. The Hall–Kier alpha value is -3.82. The Morgan fingerprint density at radius 3 is 1.39 bits per heavy atom. The highest BCUT2D eigenvalue weighted by atomic mass is 16.5. The molecular weight excluding hydrogens is 382 g/mol. The van der Waals surface area contributed by atoms with Crippen LogP contribution in [0, 0.1) is 0 Å². The van der Waals surface area contributed by atoms with Crippen molar-refractivity contribution in [2.45, 2.75) is 0 Å². The molecule has 0 aliphatic rings. The van der Waals surface area contributed by atoms with Crippen molar-refractivity contribution < 1.29 is 9.47 Å². The fraction of sp³-hybridized carbons (Fsp3) is 0.0714. The maximum atomic E-state index is 5.41. The lowest BCUT2D eigenvalue weighted by Gasteiger charge is -2.34. The summed E-state index contributed by atoms with van der Waals surface area (Å²) in [5.41, 5.74) is 4.47. The van der Waals surface area contributed by atoms with Crippen molar-refractivity contribution in [2.24, 2.45) is 0 Å². The molecule has 4 rings (SSSR count). The Balaban J connectivity index is 1.97. The highest BCUT2D eigenvalue weighted by molar-refractivity contribution is 5.76. The summed E-state index contributed by atoms with van der Waals surface area (Å²) in [6.45, 7) is 0. The molecule has 3 heteroatoms. The summed E-state index contributed by atoms with van der Waals surface area (Å²) in [4.78, 5) is 0. The molecule has 0 aromatic heterocycles. The van der Waals surface area contributed by atoms with Gasteiger partial charge in [-0.25, -0.2) is 4.48 Å². The first-order chi connectivity index (χ1) is 15.3. The van der Waals surface area contributed by atoms with Crippen molar-refractivity contribution in [3.63, 3.8) is 0 Å². The van der Waals surface area contributed by atoms with Crippen LogP contribution in [0.1, 0.15) is 5.56 Å². The van der Waals surface area contributed by atoms with Gasteiger partial charge in [-0.05, 0) is 35.9 Å². The molecule has 3 nitrogen and oxygen atoms in total. The first-order valence-corrected chi connectivity index (χ1v) is 10.2. The fourth-order valence-electron chi connectivity index (χ4n) is 3.77. The number of benzene rings is 4. The van der Waals surface area contributed by atoms with Gasteiger partial charge in [0.15, 0.2) is 0 Å². The van der Waals surface area contributed by atoms with Gasteiger partial charge in [-0.2, -0.15) is 0 Å². The van der Waals surface area contributed by atoms with Gasteiger partial charge in [-0.15, -0.1) is 0 Å². The van der Waals surface area contributed by atoms with Crippen LogP contribution in [0.4, 0.5) is 17.1 Å². The van der Waals surface area contributed by atoms with E-state index in [1.54, 1.807) is 14.2 Å². The van der Waals surface area contributed by atoms with Crippen molar-refractivity contribution in [3.05, 3.63) is 121 Å². The van der Waals surface area contributed by atoms with Crippen molar-refractivity contribution in [3.8, 4) is 11.5 Å². The minimum absolute atomic E-state index is 0.420. The van der Waals surface area contributed by atoms with Gasteiger partial charge < -0.3 is 9.47 Å². The maximum Gasteiger partial charge on any atom is 0.147 e. The topological polar surface area (TPSA) is 18.5 Å². The second-order valence-electron chi connectivity index (χ2n) is 7.18. The molecule has 0 aliphatic carbocycles. The average molecular weight is 409 g/mol. The van der Waals surface area contributed by atoms with E-state index in [-0.39, 0.29) is 0 Å². The van der Waals surface area contributed by atoms with E-state index in [1.807, 2.05) is 36.4 Å². The molecule has 31 heavy (non-hydrogen) atoms. The molecule has 0 atom stereocenters. The van der Waals surface area contributed by atoms with Crippen LogP contribution >= 0.6 is 0 Å². The fourth-order valence-corrected chi connectivity index (χ4v) is 3.77. The lowest BCUT2D eigenvalue weighted by molar-refractivity contribution is 0.414. The van der Waals surface area contributed by atoms with Crippen LogP contribution in [0.15, 0.2) is 115 Å². The van der Waals surface area contributed by atoms with E-state index in [4.69, 9.17) is 9.47 Å². The quantitative estimate of drug-likeness (QED) is 0.298. The zero-order valence-corrected chi connectivity index (χ0v) is 17.8. The molecule has 0 aliphatic heterocycles. The van der Waals surface area contributed by atoms with Crippen LogP contribution in [-0.4, -0.2) is 14.2 Å². The minimum Gasteiger partial charge on any atom is -0.497 e. The monoisotopic (exact) mass is 408 g/mol. The van der Waals surface area contributed by atoms with Crippen LogP contribution in [0.3, 0.4) is 0 Å². The lowest BCUT2D eigenvalue weighted by atomic mass is 10.1. The summed E-state index contributed by atoms with van der Waals surface area (Å²) in [6, 6.07) is 37.3. The largest absolute Gasteiger partial charge is 0.497 e. The highest BCUT2D eigenvalue weighted by Crippen LogP contribution is 2.45. The van der Waals surface area contributed by atoms with Crippen LogP contribution in [0.5, 0.6) is 11.5 Å². The first-order valence-electron chi connectivity index (χ1n) is 10.2. The molecule has 0 bridgehead atoms. The van der Waals surface area contributed by atoms with Gasteiger partial charge in [0.2, 0.25) is 0 Å². The van der Waals surface area contributed by atoms with Gasteiger partial charge in [0.05, 0.1) is 14.2 Å². The van der Waals surface area contributed by atoms with Crippen molar-refractivity contribution in [2.75, 3.05) is 14.2 Å². The Labute approximate surface area is 184 Å². The van der Waals surface area contributed by atoms with Crippen LogP contribution in [-0.2, 0) is 0 Å². The van der Waals surface area contributed by atoms with Gasteiger partial charge in [-0.3, -0.25) is 0 Å². The van der Waals surface area contributed by atoms with E-state index in [9.17, 15) is 0 Å². The zero-order chi connectivity index (χ0) is 21.5. The maximum absolute atomic E-state index is 5.41. The predicted octanol–water partition coefficient (Wildman–Crippen LogP) is 7.35. The summed E-state index contributed by atoms with van der Waals surface area (Å²) in [5.74, 6) is 1.66. The van der Waals surface area contributed by atoms with Gasteiger partial charge in [-0.1, -0.05) is 48.5 Å². The van der Waals surface area contributed by atoms with Crippen molar-refractivity contribution in [1.29, 1.82) is 0 Å². The number of hydrogen-bond donors (Lipinski definition) is 0. The van der Waals surface area contributed by atoms with E-state index in [1.165, 1.54) is 0 Å². The number of ether oxygens (including phenoxy) is 2. The Kier molecular flexibility index (Phi) is 6.16. The number of para-hydroxylation sites is 1. The van der Waals surface area contributed by atoms with Gasteiger partial charge >= 0.3 is 0 Å². The second kappa shape index (κ2) is 9.33. The SMILES string of the molecule is COc1ccc([N+](C=Cc2ccccc2)(c2ccccc2)c2ccc(OC)cc2)cc1. The van der Waals surface area contributed by atoms with E-state index >= 15 is 0 Å². The van der Waals surface area contributed by atoms with Gasteiger partial charge in [0.1, 0.15) is 34.8 Å². The smallest absolute Gasteiger partial charge is 0.147 e. The number of methoxy groups -OCH3 is 2. The normalized spacial score (nSPS) is 11.4. The van der Waals surface area contributed by atoms with Crippen molar-refractivity contribution in [1.82, 2.24) is 4.48 Å². The summed E-state index contributed by atoms with van der Waals surface area (Å²) < 4.78 is 11.2. The first kappa shape index (κ1) is 20.5. The van der Waals surface area contributed by atoms with Crippen molar-refractivity contribution >= 4 is 23.1 Å². The van der Waals surface area contributed by atoms with E-state index in [0.29, 0.717) is 4.48 Å². The standard InChI is InChI=1S/C28H26NO2/c1-30-27-17-13-25(14-18-27)29(24-11-7-4-8-12-24,22-21-23-9-5-3-6-10-23)26-15-19-28(31-2)20-16-26/h3-22H,1-2H3/q+1. The molecule has 0 spiro atoms. The highest BCUT2D eigenvalue weighted by Gasteiger charge is 2.34. The summed E-state index contributed by atoms with van der Waals surface area (Å²) in [5, 5.41) is 0. The van der Waals surface area contributed by atoms with Crippen LogP contribution < -0.4 is 14.0 Å². The van der Waals surface area contributed by atoms with Gasteiger partial charge in [0, 0.05) is 36.4 Å². The predicted molar refractivity (Wildman–Crippen MR) is 129 cm³/mol. The third kappa shape index (κ3) is 4.23. The molecule has 0 radical (unpaired) electrons. The molecule has 0 fully saturated rings. The molecule has 4 aromatic rings. The average Bonchev–Trinajstić information content (AvgIpc) is 2.86. The second-order valence-corrected chi connectivity index (χ2v) is 7.18. The molecule has 0 N–H and O–H groups in total. The van der Waals surface area contributed by atoms with Crippen LogP contribution in [0.2, 0.25) is 0 Å². The Morgan fingerprint density at radius 2 is 0.935 bits per heavy atom. The molecule has 0 saturated carbocycles. The molecule has 0 saturated heterocycles. The number of hydrogen-bond acceptors (Lipinski definition) is 2. The molecule has 4 aromatic carbocycles. The van der Waals surface area contributed by atoms with E-state index in [0.717, 1.165) is 34.1 Å². The zero-order valence-electron chi connectivity index (χ0n) is 17.8. The van der Waals surface area contributed by atoms with Gasteiger partial charge in [0.25, 0.3) is 0 Å². The summed E-state index contributed by atoms with van der Waals surface area (Å²) in [6.07, 6.45) is 4.40. The molecule has 154 valence electrons. The Bertz CT molecular complexity index is 1070. The summed E-state index contributed by atoms with van der Waals surface area (Å²) >= 11 is 0. The molecule has 0 unspecified atom stereocenters. The minimum atomic E-state index is 0.420. The molecule has 0 heterocycles. The van der Waals surface area contributed by atoms with E-state index in [2.05, 4.69) is 85.1 Å². The number of rotatable bonds is 7. The summed E-state index contributed by atoms with van der Waals surface area (Å²) in [7, 11) is 3.38. The van der Waals surface area contributed by atoms with Crippen LogP contribution in [0.25, 0.3) is 6.08 Å². The number of quaternary nitrogens is 1. The third-order valence-electron chi connectivity index (χ3n) is 5.41. The molecule has 0 amide bonds.